The molecule has 216 valence electrons. The summed E-state index contributed by atoms with van der Waals surface area (Å²) in [6.45, 7) is 4.55. The molecule has 0 bridgehead atoms. The Hall–Kier alpha value is -3.25. The van der Waals surface area contributed by atoms with Crippen LogP contribution >= 0.6 is 22.6 Å². The third-order valence-electron chi connectivity index (χ3n) is 8.34. The number of allylic oxidation sites excluding steroid dienone is 2. The van der Waals surface area contributed by atoms with Crippen molar-refractivity contribution >= 4 is 51.9 Å². The van der Waals surface area contributed by atoms with Gasteiger partial charge in [-0.1, -0.05) is 36.6 Å². The predicted octanol–water partition coefficient (Wildman–Crippen LogP) is 6.42. The van der Waals surface area contributed by atoms with Crippen molar-refractivity contribution in [1.29, 1.82) is 0 Å². The standard InChI is InChI=1S/C31H33IN2O7/c1-4-6-19-14-22-28(31(37)33(30(22)36)20-7-5-8-21(15-20)34(38)39)23-16-41-25(27(19)23)10-9-17(2)11-18-12-24(32)29(35)26(13-18)40-3/h5,7-8,11-13,15,22-23,25,28,35H,4,6,9-10,14,16H2,1-3H3/b17-11+/t22-,23+,25-,28-/m1/s1. The molecule has 1 aliphatic carbocycles. The molecule has 2 aromatic rings. The molecule has 2 heterocycles. The van der Waals surface area contributed by atoms with Crippen LogP contribution in [-0.4, -0.2) is 41.7 Å². The number of phenols is 1. The summed E-state index contributed by atoms with van der Waals surface area (Å²) in [5.41, 5.74) is 4.56. The number of ether oxygens (including phenoxy) is 2. The number of nitro groups is 1. The van der Waals surface area contributed by atoms with Gasteiger partial charge in [0.2, 0.25) is 11.8 Å². The van der Waals surface area contributed by atoms with Crippen LogP contribution in [0.1, 0.15) is 51.5 Å². The number of non-ortho nitro benzene ring substituents is 1. The third-order valence-corrected chi connectivity index (χ3v) is 9.17. The van der Waals surface area contributed by atoms with Gasteiger partial charge >= 0.3 is 0 Å². The average molecular weight is 673 g/mol. The molecule has 3 aliphatic rings. The van der Waals surface area contributed by atoms with Crippen molar-refractivity contribution in [2.45, 2.75) is 52.1 Å². The zero-order valence-corrected chi connectivity index (χ0v) is 25.4. The van der Waals surface area contributed by atoms with Gasteiger partial charge in [-0.15, -0.1) is 0 Å². The van der Waals surface area contributed by atoms with E-state index in [2.05, 4.69) is 42.5 Å². The molecule has 10 heteroatoms. The summed E-state index contributed by atoms with van der Waals surface area (Å²) in [6.07, 6.45) is 5.75. The summed E-state index contributed by atoms with van der Waals surface area (Å²) in [5, 5.41) is 21.5. The molecule has 0 radical (unpaired) electrons. The summed E-state index contributed by atoms with van der Waals surface area (Å²) >= 11 is 2.08. The highest BCUT2D eigenvalue weighted by Crippen LogP contribution is 2.51. The maximum absolute atomic E-state index is 13.7. The number of amides is 2. The molecule has 5 rings (SSSR count). The number of carbonyl (C=O) groups excluding carboxylic acids is 2. The number of hydrogen-bond acceptors (Lipinski definition) is 7. The Labute approximate surface area is 252 Å². The van der Waals surface area contributed by atoms with E-state index in [-0.39, 0.29) is 41.0 Å². The van der Waals surface area contributed by atoms with E-state index in [4.69, 9.17) is 9.47 Å². The number of halogens is 1. The molecule has 2 aromatic carbocycles. The third kappa shape index (κ3) is 5.51. The van der Waals surface area contributed by atoms with Crippen LogP contribution in [-0.2, 0) is 14.3 Å². The van der Waals surface area contributed by atoms with Gasteiger partial charge in [-0.2, -0.15) is 0 Å². The van der Waals surface area contributed by atoms with E-state index in [1.165, 1.54) is 36.5 Å². The van der Waals surface area contributed by atoms with E-state index in [0.717, 1.165) is 41.7 Å². The summed E-state index contributed by atoms with van der Waals surface area (Å²) in [6, 6.07) is 9.44. The van der Waals surface area contributed by atoms with Crippen LogP contribution in [0.3, 0.4) is 0 Å². The largest absolute Gasteiger partial charge is 0.504 e. The van der Waals surface area contributed by atoms with Crippen molar-refractivity contribution < 1.29 is 29.1 Å². The van der Waals surface area contributed by atoms with Crippen LogP contribution in [0.15, 0.2) is 53.1 Å². The highest BCUT2D eigenvalue weighted by Gasteiger charge is 2.57. The number of rotatable bonds is 9. The molecule has 0 unspecified atom stereocenters. The van der Waals surface area contributed by atoms with Crippen molar-refractivity contribution in [2.24, 2.45) is 17.8 Å². The number of nitro benzene ring substituents is 1. The van der Waals surface area contributed by atoms with Crippen molar-refractivity contribution in [1.82, 2.24) is 0 Å². The van der Waals surface area contributed by atoms with Crippen molar-refractivity contribution in [2.75, 3.05) is 18.6 Å². The highest BCUT2D eigenvalue weighted by atomic mass is 127. The summed E-state index contributed by atoms with van der Waals surface area (Å²) in [4.78, 5) is 39.3. The van der Waals surface area contributed by atoms with Crippen LogP contribution in [0.2, 0.25) is 0 Å². The molecule has 2 amide bonds. The lowest BCUT2D eigenvalue weighted by Gasteiger charge is -2.31. The molecule has 9 nitrogen and oxygen atoms in total. The van der Waals surface area contributed by atoms with E-state index in [0.29, 0.717) is 22.3 Å². The number of nitrogens with zero attached hydrogens (tertiary/aromatic N) is 2. The van der Waals surface area contributed by atoms with Gasteiger partial charge in [0.15, 0.2) is 11.5 Å². The number of methoxy groups -OCH3 is 1. The molecular formula is C31H33IN2O7. The van der Waals surface area contributed by atoms with Crippen LogP contribution in [0.25, 0.3) is 6.08 Å². The number of phenolic OH excluding ortho intramolecular Hbond substituents is 1. The molecule has 2 aliphatic heterocycles. The van der Waals surface area contributed by atoms with E-state index in [9.17, 15) is 24.8 Å². The minimum absolute atomic E-state index is 0.128. The molecule has 41 heavy (non-hydrogen) atoms. The topological polar surface area (TPSA) is 119 Å². The minimum Gasteiger partial charge on any atom is -0.504 e. The Kier molecular flexibility index (Phi) is 8.51. The van der Waals surface area contributed by atoms with Gasteiger partial charge in [-0.3, -0.25) is 19.7 Å². The number of anilines is 1. The maximum Gasteiger partial charge on any atom is 0.271 e. The number of hydrogen-bond donors (Lipinski definition) is 1. The zero-order chi connectivity index (χ0) is 29.4. The van der Waals surface area contributed by atoms with E-state index in [1.54, 1.807) is 6.07 Å². The zero-order valence-electron chi connectivity index (χ0n) is 23.3. The second kappa shape index (κ2) is 11.9. The lowest BCUT2D eigenvalue weighted by molar-refractivity contribution is -0.384. The Morgan fingerprint density at radius 1 is 1.24 bits per heavy atom. The quantitative estimate of drug-likeness (QED) is 0.107. The molecule has 0 spiro atoms. The van der Waals surface area contributed by atoms with Gasteiger partial charge < -0.3 is 14.6 Å². The van der Waals surface area contributed by atoms with E-state index >= 15 is 0 Å². The smallest absolute Gasteiger partial charge is 0.271 e. The first-order chi connectivity index (χ1) is 19.6. The van der Waals surface area contributed by atoms with Crippen molar-refractivity contribution in [3.8, 4) is 11.5 Å². The first-order valence-electron chi connectivity index (χ1n) is 13.8. The molecule has 0 aromatic heterocycles. The summed E-state index contributed by atoms with van der Waals surface area (Å²) in [5.74, 6) is -1.20. The fraction of sp³-hybridized carbons (Fsp3) is 0.419. The lowest BCUT2D eigenvalue weighted by atomic mass is 9.68. The van der Waals surface area contributed by atoms with Crippen LogP contribution in [0.5, 0.6) is 11.5 Å². The Morgan fingerprint density at radius 3 is 2.73 bits per heavy atom. The average Bonchev–Trinajstić information content (AvgIpc) is 3.48. The fourth-order valence-corrected chi connectivity index (χ4v) is 7.19. The van der Waals surface area contributed by atoms with Crippen molar-refractivity contribution in [3.63, 3.8) is 0 Å². The molecule has 2 fully saturated rings. The number of benzene rings is 2. The van der Waals surface area contributed by atoms with Gasteiger partial charge in [0.05, 0.1) is 45.8 Å². The van der Waals surface area contributed by atoms with Gasteiger partial charge in [0.1, 0.15) is 0 Å². The molecule has 0 saturated carbocycles. The van der Waals surface area contributed by atoms with Gasteiger partial charge in [0, 0.05) is 18.1 Å². The summed E-state index contributed by atoms with van der Waals surface area (Å²) in [7, 11) is 1.53. The SMILES string of the molecule is CCCC1=C2[C@@H](CC/C(C)=C/c3cc(I)c(O)c(OC)c3)OC[C@@H]2[C@@H]2C(=O)N(c3cccc([N+](=O)[O-])c3)C(=O)[C@@H]2C1. The number of carbonyl (C=O) groups is 2. The second-order valence-electron chi connectivity index (χ2n) is 10.9. The predicted molar refractivity (Wildman–Crippen MR) is 163 cm³/mol. The number of fused-ring (bicyclic) bond motifs is 3. The number of aromatic hydroxyl groups is 1. The first-order valence-corrected chi connectivity index (χ1v) is 14.9. The normalized spacial score (nSPS) is 24.1. The molecular weight excluding hydrogens is 639 g/mol. The molecule has 1 N–H and O–H groups in total. The summed E-state index contributed by atoms with van der Waals surface area (Å²) < 4.78 is 12.3. The monoisotopic (exact) mass is 672 g/mol. The van der Waals surface area contributed by atoms with Crippen LogP contribution in [0, 0.1) is 31.4 Å². The molecule has 4 atom stereocenters. The highest BCUT2D eigenvalue weighted by molar-refractivity contribution is 14.1. The lowest BCUT2D eigenvalue weighted by Crippen LogP contribution is -2.34. The Balaban J connectivity index is 1.37. The maximum atomic E-state index is 13.7. The van der Waals surface area contributed by atoms with Crippen molar-refractivity contribution in [3.05, 3.63) is 72.4 Å². The van der Waals surface area contributed by atoms with E-state index < -0.39 is 16.8 Å². The minimum atomic E-state index is -0.523. The Morgan fingerprint density at radius 2 is 2.02 bits per heavy atom. The fourth-order valence-electron chi connectivity index (χ4n) is 6.56. The van der Waals surface area contributed by atoms with Gasteiger partial charge in [-0.25, -0.2) is 4.90 Å². The van der Waals surface area contributed by atoms with Crippen LogP contribution < -0.4 is 9.64 Å². The Bertz CT molecular complexity index is 1470. The molecule has 2 saturated heterocycles. The second-order valence-corrected chi connectivity index (χ2v) is 12.1. The van der Waals surface area contributed by atoms with Gasteiger partial charge in [-0.05, 0) is 84.5 Å². The van der Waals surface area contributed by atoms with Crippen LogP contribution in [0.4, 0.5) is 11.4 Å². The number of imide groups is 1. The first kappa shape index (κ1) is 29.2. The van der Waals surface area contributed by atoms with E-state index in [1.807, 2.05) is 12.1 Å². The van der Waals surface area contributed by atoms with Gasteiger partial charge in [0.25, 0.3) is 5.69 Å².